The Morgan fingerprint density at radius 2 is 1.82 bits per heavy atom. The monoisotopic (exact) mass is 422 g/mol. The first-order chi connectivity index (χ1) is 13.3. The zero-order valence-corrected chi connectivity index (χ0v) is 18.1. The molecule has 0 bridgehead atoms. The summed E-state index contributed by atoms with van der Waals surface area (Å²) < 4.78 is 33.4. The first kappa shape index (κ1) is 22.3. The van der Waals surface area contributed by atoms with E-state index < -0.39 is 10.0 Å². The molecule has 8 heteroatoms. The predicted molar refractivity (Wildman–Crippen MR) is 113 cm³/mol. The van der Waals surface area contributed by atoms with Crippen LogP contribution in [0, 0.1) is 5.92 Å². The summed E-state index contributed by atoms with van der Waals surface area (Å²) in [5.74, 6) is 0.382. The van der Waals surface area contributed by atoms with Crippen LogP contribution in [0.5, 0.6) is 5.75 Å². The number of carbonyl (C=O) groups is 1. The van der Waals surface area contributed by atoms with E-state index in [1.807, 2.05) is 25.3 Å². The van der Waals surface area contributed by atoms with Crippen LogP contribution in [0.1, 0.15) is 26.3 Å². The minimum Gasteiger partial charge on any atom is -0.494 e. The van der Waals surface area contributed by atoms with E-state index in [1.54, 1.807) is 32.0 Å². The number of thioether (sulfide) groups is 1. The molecule has 0 aliphatic heterocycles. The van der Waals surface area contributed by atoms with Gasteiger partial charge in [0.15, 0.2) is 0 Å². The van der Waals surface area contributed by atoms with Crippen molar-refractivity contribution in [3.63, 3.8) is 0 Å². The van der Waals surface area contributed by atoms with Crippen LogP contribution < -0.4 is 14.8 Å². The lowest BCUT2D eigenvalue weighted by molar-refractivity contribution is -0.118. The molecular weight excluding hydrogens is 396 g/mol. The van der Waals surface area contributed by atoms with Gasteiger partial charge in [0, 0.05) is 17.4 Å². The fourth-order valence-electron chi connectivity index (χ4n) is 2.36. The maximum atomic E-state index is 12.7. The van der Waals surface area contributed by atoms with Crippen LogP contribution in [0.3, 0.4) is 0 Å². The van der Waals surface area contributed by atoms with Gasteiger partial charge in [0.05, 0.1) is 17.2 Å². The molecule has 152 valence electrons. The maximum Gasteiger partial charge on any atom is 0.240 e. The van der Waals surface area contributed by atoms with Crippen LogP contribution in [0.4, 0.5) is 5.69 Å². The Morgan fingerprint density at radius 3 is 2.39 bits per heavy atom. The van der Waals surface area contributed by atoms with Gasteiger partial charge >= 0.3 is 0 Å². The van der Waals surface area contributed by atoms with Gasteiger partial charge in [-0.05, 0) is 49.1 Å². The molecule has 0 fully saturated rings. The van der Waals surface area contributed by atoms with Crippen molar-refractivity contribution in [3.05, 3.63) is 48.0 Å². The van der Waals surface area contributed by atoms with Crippen molar-refractivity contribution in [2.24, 2.45) is 5.92 Å². The molecule has 2 aromatic rings. The Morgan fingerprint density at radius 1 is 1.14 bits per heavy atom. The number of sulfonamides is 1. The van der Waals surface area contributed by atoms with Gasteiger partial charge in [-0.3, -0.25) is 4.79 Å². The third-order valence-electron chi connectivity index (χ3n) is 3.96. The zero-order valence-electron chi connectivity index (χ0n) is 16.5. The second-order valence-corrected chi connectivity index (χ2v) is 9.02. The molecule has 0 unspecified atom stereocenters. The highest BCUT2D eigenvalue weighted by molar-refractivity contribution is 7.98. The number of benzene rings is 2. The average Bonchev–Trinajstić information content (AvgIpc) is 2.67. The van der Waals surface area contributed by atoms with Crippen molar-refractivity contribution in [1.82, 2.24) is 4.72 Å². The summed E-state index contributed by atoms with van der Waals surface area (Å²) in [5, 5.41) is 2.80. The molecule has 1 amide bonds. The quantitative estimate of drug-likeness (QED) is 0.599. The number of carbonyl (C=O) groups excluding carboxylic acids is 1. The molecule has 6 nitrogen and oxygen atoms in total. The molecule has 0 spiro atoms. The molecule has 0 saturated heterocycles. The van der Waals surface area contributed by atoms with Crippen LogP contribution in [0.25, 0.3) is 0 Å². The summed E-state index contributed by atoms with van der Waals surface area (Å²) >= 11 is 1.44. The highest BCUT2D eigenvalue weighted by Gasteiger charge is 2.18. The Kier molecular flexibility index (Phi) is 7.91. The molecular formula is C20H26N2O4S2. The first-order valence-corrected chi connectivity index (χ1v) is 11.7. The molecule has 28 heavy (non-hydrogen) atoms. The Labute approximate surface area is 171 Å². The SMILES string of the molecule is CCOc1ccc(CNS(=O)(=O)c2ccc(SC)c(NC(=O)C(C)C)c2)cc1. The van der Waals surface area contributed by atoms with Gasteiger partial charge in [0.1, 0.15) is 5.75 Å². The normalized spacial score (nSPS) is 11.5. The zero-order chi connectivity index (χ0) is 20.7. The number of amides is 1. The van der Waals surface area contributed by atoms with Crippen molar-refractivity contribution in [1.29, 1.82) is 0 Å². The number of hydrogen-bond acceptors (Lipinski definition) is 5. The number of hydrogen-bond donors (Lipinski definition) is 2. The fourth-order valence-corrected chi connectivity index (χ4v) is 3.94. The fraction of sp³-hybridized carbons (Fsp3) is 0.350. The van der Waals surface area contributed by atoms with Gasteiger partial charge < -0.3 is 10.1 Å². The smallest absolute Gasteiger partial charge is 0.240 e. The second-order valence-electron chi connectivity index (χ2n) is 6.41. The largest absolute Gasteiger partial charge is 0.494 e. The van der Waals surface area contributed by atoms with Crippen molar-refractivity contribution in [2.75, 3.05) is 18.2 Å². The van der Waals surface area contributed by atoms with Crippen LogP contribution in [0.15, 0.2) is 52.3 Å². The molecule has 0 saturated carbocycles. The van der Waals surface area contributed by atoms with E-state index in [0.717, 1.165) is 16.2 Å². The number of rotatable bonds is 9. The van der Waals surface area contributed by atoms with Crippen molar-refractivity contribution in [3.8, 4) is 5.75 Å². The van der Waals surface area contributed by atoms with E-state index in [4.69, 9.17) is 4.74 Å². The standard InChI is InChI=1S/C20H26N2O4S2/c1-5-26-16-8-6-15(7-9-16)13-21-28(24,25)17-10-11-19(27-4)18(12-17)22-20(23)14(2)3/h6-12,14,21H,5,13H2,1-4H3,(H,22,23). The summed E-state index contributed by atoms with van der Waals surface area (Å²) in [4.78, 5) is 12.9. The molecule has 0 heterocycles. The summed E-state index contributed by atoms with van der Waals surface area (Å²) in [6.45, 7) is 6.21. The third-order valence-corrected chi connectivity index (χ3v) is 6.16. The molecule has 0 aliphatic carbocycles. The van der Waals surface area contributed by atoms with Crippen molar-refractivity contribution < 1.29 is 17.9 Å². The van der Waals surface area contributed by atoms with Gasteiger partial charge in [-0.25, -0.2) is 13.1 Å². The van der Waals surface area contributed by atoms with Gasteiger partial charge in [0.2, 0.25) is 15.9 Å². The third kappa shape index (κ3) is 5.98. The van der Waals surface area contributed by atoms with E-state index in [-0.39, 0.29) is 23.3 Å². The van der Waals surface area contributed by atoms with Gasteiger partial charge in [0.25, 0.3) is 0 Å². The lowest BCUT2D eigenvalue weighted by Gasteiger charge is -2.14. The Balaban J connectivity index is 2.16. The number of anilines is 1. The van der Waals surface area contributed by atoms with Gasteiger partial charge in [-0.1, -0.05) is 26.0 Å². The lowest BCUT2D eigenvalue weighted by Crippen LogP contribution is -2.24. The van der Waals surface area contributed by atoms with Crippen LogP contribution in [0.2, 0.25) is 0 Å². The topological polar surface area (TPSA) is 84.5 Å². The molecule has 2 rings (SSSR count). The van der Waals surface area contributed by atoms with E-state index in [1.165, 1.54) is 23.9 Å². The van der Waals surface area contributed by atoms with Crippen LogP contribution >= 0.6 is 11.8 Å². The van der Waals surface area contributed by atoms with E-state index >= 15 is 0 Å². The number of nitrogens with one attached hydrogen (secondary N) is 2. The Bertz CT molecular complexity index is 910. The van der Waals surface area contributed by atoms with Gasteiger partial charge in [-0.2, -0.15) is 0 Å². The highest BCUT2D eigenvalue weighted by atomic mass is 32.2. The molecule has 0 atom stereocenters. The summed E-state index contributed by atoms with van der Waals surface area (Å²) in [6.07, 6.45) is 1.87. The van der Waals surface area contributed by atoms with Crippen molar-refractivity contribution in [2.45, 2.75) is 37.1 Å². The van der Waals surface area contributed by atoms with Gasteiger partial charge in [-0.15, -0.1) is 11.8 Å². The summed E-state index contributed by atoms with van der Waals surface area (Å²) in [6, 6.07) is 12.0. The highest BCUT2D eigenvalue weighted by Crippen LogP contribution is 2.28. The van der Waals surface area contributed by atoms with Crippen LogP contribution in [-0.2, 0) is 21.4 Å². The summed E-state index contributed by atoms with van der Waals surface area (Å²) in [7, 11) is -3.72. The second kappa shape index (κ2) is 9.95. The van der Waals surface area contributed by atoms with Crippen LogP contribution in [-0.4, -0.2) is 27.2 Å². The van der Waals surface area contributed by atoms with E-state index in [9.17, 15) is 13.2 Å². The molecule has 2 N–H and O–H groups in total. The molecule has 2 aromatic carbocycles. The van der Waals surface area contributed by atoms with E-state index in [0.29, 0.717) is 12.3 Å². The predicted octanol–water partition coefficient (Wildman–Crippen LogP) is 3.88. The van der Waals surface area contributed by atoms with Crippen molar-refractivity contribution >= 4 is 33.4 Å². The number of ether oxygens (including phenoxy) is 1. The first-order valence-electron chi connectivity index (χ1n) is 8.97. The molecule has 0 radical (unpaired) electrons. The van der Waals surface area contributed by atoms with E-state index in [2.05, 4.69) is 10.0 Å². The minimum absolute atomic E-state index is 0.107. The maximum absolute atomic E-state index is 12.7. The summed E-state index contributed by atoms with van der Waals surface area (Å²) in [5.41, 5.74) is 1.32. The average molecular weight is 423 g/mol. The molecule has 0 aromatic heterocycles. The Hall–Kier alpha value is -2.03. The lowest BCUT2D eigenvalue weighted by atomic mass is 10.2. The molecule has 0 aliphatic rings. The minimum atomic E-state index is -3.72.